The number of aliphatic hydroxyl groups is 1. The maximum absolute atomic E-state index is 9.06. The van der Waals surface area contributed by atoms with Crippen LogP contribution in [0.1, 0.15) is 16.7 Å². The summed E-state index contributed by atoms with van der Waals surface area (Å²) in [4.78, 5) is 6.70. The maximum Gasteiger partial charge on any atom is 0.258 e. The molecule has 4 aromatic rings. The van der Waals surface area contributed by atoms with E-state index in [9.17, 15) is 0 Å². The van der Waals surface area contributed by atoms with Gasteiger partial charge in [0.25, 0.3) is 5.89 Å². The summed E-state index contributed by atoms with van der Waals surface area (Å²) in [5, 5.41) is 13.3. The second-order valence-electron chi connectivity index (χ2n) is 8.20. The molecule has 0 fully saturated rings. The first-order chi connectivity index (χ1) is 16.1. The Bertz CT molecular complexity index is 1200. The molecule has 1 heterocycles. The normalized spacial score (nSPS) is 11.3. The Morgan fingerprint density at radius 2 is 1.73 bits per heavy atom. The lowest BCUT2D eigenvalue weighted by atomic mass is 9.94. The number of hydrogen-bond acceptors (Lipinski definition) is 6. The largest absolute Gasteiger partial charge is 0.395 e. The first-order valence-electron chi connectivity index (χ1n) is 11.0. The summed E-state index contributed by atoms with van der Waals surface area (Å²) >= 11 is 0. The molecule has 0 aliphatic rings. The minimum absolute atomic E-state index is 0.151. The number of rotatable bonds is 9. The van der Waals surface area contributed by atoms with Crippen LogP contribution in [-0.4, -0.2) is 47.5 Å². The van der Waals surface area contributed by atoms with Gasteiger partial charge in [-0.2, -0.15) is 4.98 Å². The molecule has 0 aliphatic carbocycles. The molecule has 0 unspecified atom stereocenters. The van der Waals surface area contributed by atoms with Crippen molar-refractivity contribution in [1.29, 1.82) is 0 Å². The van der Waals surface area contributed by atoms with E-state index in [0.29, 0.717) is 24.9 Å². The molecule has 0 saturated carbocycles. The quantitative estimate of drug-likeness (QED) is 0.395. The van der Waals surface area contributed by atoms with Crippen molar-refractivity contribution in [2.24, 2.45) is 0 Å². The van der Waals surface area contributed by atoms with Gasteiger partial charge in [-0.15, -0.1) is 0 Å². The second kappa shape index (κ2) is 10.5. The van der Waals surface area contributed by atoms with Gasteiger partial charge in [-0.05, 0) is 53.9 Å². The van der Waals surface area contributed by atoms with Crippen LogP contribution in [0, 0.1) is 6.92 Å². The molecule has 1 N–H and O–H groups in total. The Balaban J connectivity index is 1.58. The molecule has 0 radical (unpaired) electrons. The van der Waals surface area contributed by atoms with Gasteiger partial charge in [0.15, 0.2) is 0 Å². The fraction of sp³-hybridized carbons (Fsp3) is 0.259. The van der Waals surface area contributed by atoms with Crippen molar-refractivity contribution in [2.75, 3.05) is 27.3 Å². The minimum Gasteiger partial charge on any atom is -0.395 e. The van der Waals surface area contributed by atoms with E-state index in [0.717, 1.165) is 34.4 Å². The maximum atomic E-state index is 9.06. The highest BCUT2D eigenvalue weighted by molar-refractivity contribution is 5.74. The van der Waals surface area contributed by atoms with Gasteiger partial charge in [0.1, 0.15) is 0 Å². The molecule has 6 heteroatoms. The summed E-state index contributed by atoms with van der Waals surface area (Å²) in [6.45, 7) is 4.17. The summed E-state index contributed by atoms with van der Waals surface area (Å²) in [5.74, 6) is 1.03. The van der Waals surface area contributed by atoms with Gasteiger partial charge in [-0.1, -0.05) is 59.8 Å². The summed E-state index contributed by atoms with van der Waals surface area (Å²) < 4.78 is 11.1. The molecule has 1 aromatic heterocycles. The highest BCUT2D eigenvalue weighted by atomic mass is 16.5. The molecule has 33 heavy (non-hydrogen) atoms. The lowest BCUT2D eigenvalue weighted by Crippen LogP contribution is -2.21. The number of hydrogen-bond donors (Lipinski definition) is 1. The van der Waals surface area contributed by atoms with Crippen molar-refractivity contribution in [3.8, 4) is 34.0 Å². The third kappa shape index (κ3) is 5.37. The van der Waals surface area contributed by atoms with Gasteiger partial charge in [-0.3, -0.25) is 4.90 Å². The zero-order chi connectivity index (χ0) is 23.2. The van der Waals surface area contributed by atoms with Gasteiger partial charge in [0.2, 0.25) is 5.82 Å². The van der Waals surface area contributed by atoms with Crippen molar-refractivity contribution in [2.45, 2.75) is 20.1 Å². The molecule has 3 aromatic carbocycles. The predicted molar refractivity (Wildman–Crippen MR) is 129 cm³/mol. The van der Waals surface area contributed by atoms with E-state index in [1.165, 1.54) is 11.1 Å². The summed E-state index contributed by atoms with van der Waals surface area (Å²) in [5.41, 5.74) is 7.53. The van der Waals surface area contributed by atoms with Crippen LogP contribution in [0.25, 0.3) is 34.0 Å². The number of ether oxygens (including phenoxy) is 1. The Morgan fingerprint density at radius 1 is 0.970 bits per heavy atom. The van der Waals surface area contributed by atoms with Crippen LogP contribution in [-0.2, 0) is 17.9 Å². The number of likely N-dealkylation sites (N-methyl/N-ethyl adjacent to an activating group) is 1. The minimum atomic E-state index is 0.151. The number of methoxy groups -OCH3 is 1. The van der Waals surface area contributed by atoms with Gasteiger partial charge in [-0.25, -0.2) is 0 Å². The Hall–Kier alpha value is -3.32. The topological polar surface area (TPSA) is 71.6 Å². The first kappa shape index (κ1) is 22.9. The van der Waals surface area contributed by atoms with Crippen LogP contribution in [0.15, 0.2) is 71.3 Å². The molecule has 0 bridgehead atoms. The van der Waals surface area contributed by atoms with Crippen LogP contribution in [0.5, 0.6) is 0 Å². The lowest BCUT2D eigenvalue weighted by Gasteiger charge is -2.14. The molecule has 0 aliphatic heterocycles. The fourth-order valence-electron chi connectivity index (χ4n) is 3.92. The highest BCUT2D eigenvalue weighted by Gasteiger charge is 2.14. The molecular weight excluding hydrogens is 414 g/mol. The van der Waals surface area contributed by atoms with E-state index in [4.69, 9.17) is 14.4 Å². The van der Waals surface area contributed by atoms with E-state index in [1.54, 1.807) is 7.11 Å². The molecule has 4 rings (SSSR count). The number of aromatic nitrogens is 2. The van der Waals surface area contributed by atoms with Crippen molar-refractivity contribution >= 4 is 0 Å². The number of aryl methyl sites for hydroxylation is 1. The van der Waals surface area contributed by atoms with E-state index in [1.807, 2.05) is 49.5 Å². The molecule has 170 valence electrons. The van der Waals surface area contributed by atoms with E-state index in [2.05, 4.69) is 46.2 Å². The average molecular weight is 444 g/mol. The van der Waals surface area contributed by atoms with Crippen molar-refractivity contribution in [1.82, 2.24) is 15.0 Å². The summed E-state index contributed by atoms with van der Waals surface area (Å²) in [6, 6.07) is 22.6. The van der Waals surface area contributed by atoms with Crippen molar-refractivity contribution < 1.29 is 14.4 Å². The average Bonchev–Trinajstić information content (AvgIpc) is 3.31. The molecule has 0 amide bonds. The zero-order valence-corrected chi connectivity index (χ0v) is 19.3. The second-order valence-corrected chi connectivity index (χ2v) is 8.20. The Morgan fingerprint density at radius 3 is 2.45 bits per heavy atom. The van der Waals surface area contributed by atoms with Crippen LogP contribution in [0.3, 0.4) is 0 Å². The monoisotopic (exact) mass is 443 g/mol. The molecule has 6 nitrogen and oxygen atoms in total. The summed E-state index contributed by atoms with van der Waals surface area (Å²) in [6.07, 6.45) is 0. The number of aliphatic hydroxyl groups excluding tert-OH is 1. The smallest absolute Gasteiger partial charge is 0.258 e. The van der Waals surface area contributed by atoms with Gasteiger partial charge < -0.3 is 14.4 Å². The first-order valence-corrected chi connectivity index (χ1v) is 11.0. The van der Waals surface area contributed by atoms with Crippen molar-refractivity contribution in [3.63, 3.8) is 0 Å². The van der Waals surface area contributed by atoms with Crippen LogP contribution in [0.4, 0.5) is 0 Å². The van der Waals surface area contributed by atoms with E-state index in [-0.39, 0.29) is 6.61 Å². The number of benzene rings is 3. The molecule has 0 spiro atoms. The van der Waals surface area contributed by atoms with E-state index < -0.39 is 0 Å². The third-order valence-electron chi connectivity index (χ3n) is 5.66. The Kier molecular flexibility index (Phi) is 7.29. The van der Waals surface area contributed by atoms with Crippen LogP contribution >= 0.6 is 0 Å². The van der Waals surface area contributed by atoms with E-state index >= 15 is 0 Å². The lowest BCUT2D eigenvalue weighted by molar-refractivity contribution is 0.185. The van der Waals surface area contributed by atoms with Gasteiger partial charge in [0.05, 0.1) is 13.2 Å². The standard InChI is InChI=1S/C27H29N3O3/c1-19-6-4-5-7-24(19)25-13-12-22(16-23(25)18-32-3)27-28-26(29-33-27)21-10-8-20(9-11-21)17-30(2)14-15-31/h4-13,16,31H,14-15,17-18H2,1-3H3. The Labute approximate surface area is 194 Å². The molecule has 0 saturated heterocycles. The van der Waals surface area contributed by atoms with Crippen LogP contribution < -0.4 is 0 Å². The zero-order valence-electron chi connectivity index (χ0n) is 19.3. The highest BCUT2D eigenvalue weighted by Crippen LogP contribution is 2.31. The number of nitrogens with zero attached hydrogens (tertiary/aromatic N) is 3. The molecular formula is C27H29N3O3. The predicted octanol–water partition coefficient (Wildman–Crippen LogP) is 4.95. The third-order valence-corrected chi connectivity index (χ3v) is 5.66. The van der Waals surface area contributed by atoms with Gasteiger partial charge in [0, 0.05) is 31.3 Å². The van der Waals surface area contributed by atoms with Crippen LogP contribution in [0.2, 0.25) is 0 Å². The fourth-order valence-corrected chi connectivity index (χ4v) is 3.92. The van der Waals surface area contributed by atoms with Gasteiger partial charge >= 0.3 is 0 Å². The summed E-state index contributed by atoms with van der Waals surface area (Å²) in [7, 11) is 3.68. The SMILES string of the molecule is COCc1cc(-c2nc(-c3ccc(CN(C)CCO)cc3)no2)ccc1-c1ccccc1C. The molecule has 0 atom stereocenters. The van der Waals surface area contributed by atoms with Crippen molar-refractivity contribution in [3.05, 3.63) is 83.4 Å².